The summed E-state index contributed by atoms with van der Waals surface area (Å²) in [6, 6.07) is 0. The Morgan fingerprint density at radius 2 is 2.38 bits per heavy atom. The third kappa shape index (κ3) is 0.675. The van der Waals surface area contributed by atoms with Crippen LogP contribution in [0.2, 0.25) is 0 Å². The van der Waals surface area contributed by atoms with Crippen LogP contribution in [0.3, 0.4) is 0 Å². The molecule has 0 spiro atoms. The molecule has 3 aromatic rings. The molecular weight excluding hydrogens is 170 g/mol. The summed E-state index contributed by atoms with van der Waals surface area (Å²) < 4.78 is 1.51. The van der Waals surface area contributed by atoms with E-state index in [0.717, 1.165) is 5.52 Å². The number of rotatable bonds is 0. The third-order valence-corrected chi connectivity index (χ3v) is 1.85. The van der Waals surface area contributed by atoms with Crippen LogP contribution >= 0.6 is 0 Å². The predicted molar refractivity (Wildman–Crippen MR) is 44.8 cm³/mol. The Hall–Kier alpha value is -2.18. The number of hydrogen-bond donors (Lipinski definition) is 2. The lowest BCUT2D eigenvalue weighted by atomic mass is 10.4. The number of nitrogens with zero attached hydrogens (tertiary/aromatic N) is 5. The van der Waals surface area contributed by atoms with E-state index in [1.807, 2.05) is 0 Å². The van der Waals surface area contributed by atoms with Gasteiger partial charge in [0.05, 0.1) is 6.33 Å². The van der Waals surface area contributed by atoms with Gasteiger partial charge in [0.1, 0.15) is 17.4 Å². The Morgan fingerprint density at radius 1 is 1.46 bits per heavy atom. The largest absolute Gasteiger partial charge is 0.380 e. The van der Waals surface area contributed by atoms with Crippen LogP contribution in [0.5, 0.6) is 0 Å². The van der Waals surface area contributed by atoms with E-state index in [1.165, 1.54) is 10.8 Å². The van der Waals surface area contributed by atoms with Crippen molar-refractivity contribution in [1.82, 2.24) is 29.8 Å². The SMILES string of the molecule is Nc1nn2cnnc2c2[nH]cnc12. The van der Waals surface area contributed by atoms with Crippen molar-refractivity contribution in [3.63, 3.8) is 0 Å². The Labute approximate surface area is 71.6 Å². The van der Waals surface area contributed by atoms with Crippen LogP contribution in [0.4, 0.5) is 5.82 Å². The minimum atomic E-state index is 0.364. The molecule has 0 atom stereocenters. The molecule has 13 heavy (non-hydrogen) atoms. The van der Waals surface area contributed by atoms with Gasteiger partial charge in [0.2, 0.25) is 5.65 Å². The van der Waals surface area contributed by atoms with Gasteiger partial charge in [-0.05, 0) is 0 Å². The van der Waals surface area contributed by atoms with Gasteiger partial charge in [-0.1, -0.05) is 0 Å². The molecule has 3 heterocycles. The lowest BCUT2D eigenvalue weighted by Gasteiger charge is -1.95. The van der Waals surface area contributed by atoms with Crippen molar-refractivity contribution in [3.05, 3.63) is 12.7 Å². The van der Waals surface area contributed by atoms with Gasteiger partial charge in [0.25, 0.3) is 0 Å². The smallest absolute Gasteiger partial charge is 0.203 e. The van der Waals surface area contributed by atoms with Gasteiger partial charge < -0.3 is 10.7 Å². The molecule has 3 N–H and O–H groups in total. The van der Waals surface area contributed by atoms with Gasteiger partial charge in [0.15, 0.2) is 5.82 Å². The summed E-state index contributed by atoms with van der Waals surface area (Å²) in [6.45, 7) is 0. The second-order valence-electron chi connectivity index (χ2n) is 2.61. The van der Waals surface area contributed by atoms with Crippen LogP contribution < -0.4 is 5.73 Å². The van der Waals surface area contributed by atoms with Gasteiger partial charge in [-0.25, -0.2) is 4.98 Å². The molecule has 0 saturated carbocycles. The first kappa shape index (κ1) is 6.35. The van der Waals surface area contributed by atoms with Crippen LogP contribution in [0.15, 0.2) is 12.7 Å². The average Bonchev–Trinajstić information content (AvgIpc) is 2.66. The molecule has 0 aliphatic carbocycles. The van der Waals surface area contributed by atoms with E-state index in [-0.39, 0.29) is 0 Å². The number of fused-ring (bicyclic) bond motifs is 3. The maximum atomic E-state index is 5.66. The molecule has 3 rings (SSSR count). The molecule has 3 aromatic heterocycles. The topological polar surface area (TPSA) is 97.8 Å². The summed E-state index contributed by atoms with van der Waals surface area (Å²) in [5.41, 5.74) is 7.66. The van der Waals surface area contributed by atoms with E-state index in [2.05, 4.69) is 25.3 Å². The molecule has 0 aliphatic heterocycles. The third-order valence-electron chi connectivity index (χ3n) is 1.85. The summed E-state index contributed by atoms with van der Waals surface area (Å²) in [4.78, 5) is 6.96. The van der Waals surface area contributed by atoms with Gasteiger partial charge in [-0.3, -0.25) is 0 Å². The molecule has 0 bridgehead atoms. The van der Waals surface area contributed by atoms with Crippen LogP contribution in [-0.2, 0) is 0 Å². The number of aromatic amines is 1. The molecule has 0 radical (unpaired) electrons. The number of imidazole rings is 1. The van der Waals surface area contributed by atoms with Crippen molar-refractivity contribution >= 4 is 22.5 Å². The molecule has 0 amide bonds. The second kappa shape index (κ2) is 1.94. The van der Waals surface area contributed by atoms with E-state index in [9.17, 15) is 0 Å². The van der Waals surface area contributed by atoms with Crippen LogP contribution in [0.25, 0.3) is 16.7 Å². The highest BCUT2D eigenvalue weighted by Crippen LogP contribution is 2.17. The van der Waals surface area contributed by atoms with E-state index in [4.69, 9.17) is 5.73 Å². The number of hydrogen-bond acceptors (Lipinski definition) is 5. The molecule has 0 aliphatic rings. The number of nitrogen functional groups attached to an aromatic ring is 1. The highest BCUT2D eigenvalue weighted by molar-refractivity contribution is 5.93. The molecule has 0 saturated heterocycles. The molecule has 64 valence electrons. The first-order chi connectivity index (χ1) is 6.36. The van der Waals surface area contributed by atoms with E-state index in [1.54, 1.807) is 6.33 Å². The summed E-state index contributed by atoms with van der Waals surface area (Å²) in [5, 5.41) is 11.6. The van der Waals surface area contributed by atoms with Crippen molar-refractivity contribution in [1.29, 1.82) is 0 Å². The highest BCUT2D eigenvalue weighted by atomic mass is 15.4. The fraction of sp³-hybridized carbons (Fsp3) is 0. The van der Waals surface area contributed by atoms with Crippen LogP contribution in [-0.4, -0.2) is 29.8 Å². The average molecular weight is 175 g/mol. The Bertz CT molecular complexity index is 577. The lowest BCUT2D eigenvalue weighted by molar-refractivity contribution is 0.942. The fourth-order valence-corrected chi connectivity index (χ4v) is 1.29. The molecule has 0 aromatic carbocycles. The Balaban J connectivity index is 2.70. The van der Waals surface area contributed by atoms with Crippen molar-refractivity contribution in [2.75, 3.05) is 5.73 Å². The number of aromatic nitrogens is 6. The quantitative estimate of drug-likeness (QED) is 0.483. The molecular formula is C6H5N7. The lowest BCUT2D eigenvalue weighted by Crippen LogP contribution is -1.98. The number of H-pyrrole nitrogens is 1. The van der Waals surface area contributed by atoms with Crippen LogP contribution in [0, 0.1) is 0 Å². The summed E-state index contributed by atoms with van der Waals surface area (Å²) in [6.07, 6.45) is 3.04. The van der Waals surface area contributed by atoms with Crippen molar-refractivity contribution in [2.45, 2.75) is 0 Å². The monoisotopic (exact) mass is 175 g/mol. The van der Waals surface area contributed by atoms with Gasteiger partial charge in [0, 0.05) is 0 Å². The van der Waals surface area contributed by atoms with E-state index in [0.29, 0.717) is 17.0 Å². The number of nitrogens with one attached hydrogen (secondary N) is 1. The van der Waals surface area contributed by atoms with E-state index < -0.39 is 0 Å². The van der Waals surface area contributed by atoms with Crippen molar-refractivity contribution in [3.8, 4) is 0 Å². The van der Waals surface area contributed by atoms with Gasteiger partial charge >= 0.3 is 0 Å². The van der Waals surface area contributed by atoms with Gasteiger partial charge in [-0.2, -0.15) is 4.52 Å². The second-order valence-corrected chi connectivity index (χ2v) is 2.61. The summed E-state index contributed by atoms with van der Waals surface area (Å²) in [7, 11) is 0. The zero-order valence-electron chi connectivity index (χ0n) is 6.47. The molecule has 0 unspecified atom stereocenters. The predicted octanol–water partition coefficient (Wildman–Crippen LogP) is -0.417. The maximum Gasteiger partial charge on any atom is 0.203 e. The molecule has 0 fully saturated rings. The molecule has 7 heteroatoms. The first-order valence-corrected chi connectivity index (χ1v) is 3.65. The normalized spacial score (nSPS) is 11.4. The Kier molecular flexibility index (Phi) is 0.950. The minimum Gasteiger partial charge on any atom is -0.380 e. The molecule has 7 nitrogen and oxygen atoms in total. The highest BCUT2D eigenvalue weighted by Gasteiger charge is 2.08. The number of anilines is 1. The van der Waals surface area contributed by atoms with Crippen molar-refractivity contribution < 1.29 is 0 Å². The fourth-order valence-electron chi connectivity index (χ4n) is 1.29. The number of nitrogens with two attached hydrogens (primary N) is 1. The Morgan fingerprint density at radius 3 is 3.31 bits per heavy atom. The minimum absolute atomic E-state index is 0.364. The van der Waals surface area contributed by atoms with E-state index >= 15 is 0 Å². The zero-order chi connectivity index (χ0) is 8.84. The van der Waals surface area contributed by atoms with Crippen LogP contribution in [0.1, 0.15) is 0 Å². The first-order valence-electron chi connectivity index (χ1n) is 3.65. The summed E-state index contributed by atoms with van der Waals surface area (Å²) in [5.74, 6) is 0.364. The van der Waals surface area contributed by atoms with Gasteiger partial charge in [-0.15, -0.1) is 15.3 Å². The summed E-state index contributed by atoms with van der Waals surface area (Å²) >= 11 is 0. The standard InChI is InChI=1S/C6H5N7/c7-5-3-4(9-1-8-3)6-11-10-2-13(6)12-5/h1-2H,(H2,7,12)(H,8,9). The van der Waals surface area contributed by atoms with Crippen molar-refractivity contribution in [2.24, 2.45) is 0 Å². The zero-order valence-corrected chi connectivity index (χ0v) is 6.47. The maximum absolute atomic E-state index is 5.66.